The summed E-state index contributed by atoms with van der Waals surface area (Å²) in [7, 11) is 0. The fraction of sp³-hybridized carbons (Fsp3) is 0.645. The van der Waals surface area contributed by atoms with Crippen LogP contribution in [0.5, 0.6) is 0 Å². The predicted molar refractivity (Wildman–Crippen MR) is 150 cm³/mol. The van der Waals surface area contributed by atoms with Crippen LogP contribution in [-0.2, 0) is 20.1 Å². The molecule has 2 saturated carbocycles. The number of benzene rings is 1. The van der Waals surface area contributed by atoms with Crippen molar-refractivity contribution in [3.63, 3.8) is 0 Å². The zero-order chi connectivity index (χ0) is 27.3. The molecule has 2 atom stereocenters. The Bertz CT molecular complexity index is 1270. The molecule has 2 amide bonds. The summed E-state index contributed by atoms with van der Waals surface area (Å²) >= 11 is 0. The number of likely N-dealkylation sites (tertiary alicyclic amines) is 1. The Balaban J connectivity index is 1.25. The number of carbonyl (C=O) groups is 3. The quantitative estimate of drug-likeness (QED) is 0.525. The van der Waals surface area contributed by atoms with Gasteiger partial charge in [0.2, 0.25) is 11.8 Å². The van der Waals surface area contributed by atoms with Gasteiger partial charge in [-0.2, -0.15) is 0 Å². The molecule has 1 unspecified atom stereocenters. The highest BCUT2D eigenvalue weighted by atomic mass is 16.6. The van der Waals surface area contributed by atoms with E-state index in [-0.39, 0.29) is 29.6 Å². The first-order valence-corrected chi connectivity index (χ1v) is 15.0. The molecule has 6 rings (SSSR count). The molecule has 1 aromatic carbocycles. The average Bonchev–Trinajstić information content (AvgIpc) is 3.61. The second-order valence-corrected chi connectivity index (χ2v) is 12.7. The van der Waals surface area contributed by atoms with Crippen molar-refractivity contribution in [1.29, 1.82) is 0 Å². The smallest absolute Gasteiger partial charge is 0.357 e. The highest BCUT2D eigenvalue weighted by molar-refractivity contribution is 6.02. The molecule has 39 heavy (non-hydrogen) atoms. The number of amides is 2. The van der Waals surface area contributed by atoms with Crippen LogP contribution in [0.1, 0.15) is 88.5 Å². The summed E-state index contributed by atoms with van der Waals surface area (Å²) in [5, 5.41) is 4.05. The first-order valence-electron chi connectivity index (χ1n) is 15.0. The molecule has 0 bridgehead atoms. The van der Waals surface area contributed by atoms with Crippen molar-refractivity contribution in [2.24, 2.45) is 29.4 Å². The number of fused-ring (bicyclic) bond motifs is 3. The lowest BCUT2D eigenvalue weighted by atomic mass is 9.76. The average molecular weight is 535 g/mol. The number of nitrogens with one attached hydrogen (secondary N) is 1. The topological polar surface area (TPSA) is 107 Å². The molecule has 1 saturated heterocycles. The van der Waals surface area contributed by atoms with Gasteiger partial charge in [-0.1, -0.05) is 32.1 Å². The molecular formula is C31H42N4O4. The highest BCUT2D eigenvalue weighted by Gasteiger charge is 2.47. The van der Waals surface area contributed by atoms with E-state index < -0.39 is 11.8 Å². The fourth-order valence-corrected chi connectivity index (χ4v) is 7.90. The molecule has 8 nitrogen and oxygen atoms in total. The van der Waals surface area contributed by atoms with Crippen molar-refractivity contribution in [2.75, 3.05) is 18.4 Å². The summed E-state index contributed by atoms with van der Waals surface area (Å²) in [6, 6.07) is 7.14. The number of cyclic esters (lactones) is 1. The number of aromatic nitrogens is 1. The monoisotopic (exact) mass is 534 g/mol. The van der Waals surface area contributed by atoms with Gasteiger partial charge in [0.25, 0.3) is 0 Å². The lowest BCUT2D eigenvalue weighted by molar-refractivity contribution is -0.142. The van der Waals surface area contributed by atoms with Crippen molar-refractivity contribution < 1.29 is 19.1 Å². The van der Waals surface area contributed by atoms with Gasteiger partial charge in [0.15, 0.2) is 5.72 Å². The van der Waals surface area contributed by atoms with Gasteiger partial charge in [-0.15, -0.1) is 0 Å². The summed E-state index contributed by atoms with van der Waals surface area (Å²) in [4.78, 5) is 42.1. The van der Waals surface area contributed by atoms with Crippen LogP contribution in [0, 0.1) is 23.7 Å². The lowest BCUT2D eigenvalue weighted by Gasteiger charge is -2.36. The van der Waals surface area contributed by atoms with Crippen LogP contribution in [0.3, 0.4) is 0 Å². The van der Waals surface area contributed by atoms with Gasteiger partial charge in [0.05, 0.1) is 5.52 Å². The Hall–Kier alpha value is -2.87. The molecule has 3 N–H and O–H groups in total. The normalized spacial score (nSPS) is 28.9. The van der Waals surface area contributed by atoms with E-state index in [9.17, 15) is 14.4 Å². The maximum Gasteiger partial charge on any atom is 0.357 e. The molecule has 2 aliphatic heterocycles. The minimum atomic E-state index is -0.750. The van der Waals surface area contributed by atoms with Crippen LogP contribution in [0.2, 0.25) is 0 Å². The summed E-state index contributed by atoms with van der Waals surface area (Å²) in [5.41, 5.74) is 7.24. The number of nitrogens with zero attached hydrogens (tertiary/aromatic N) is 2. The first-order chi connectivity index (χ1) is 18.8. The third-order valence-corrected chi connectivity index (χ3v) is 9.94. The number of esters is 1. The van der Waals surface area contributed by atoms with E-state index in [1.54, 1.807) is 0 Å². The number of nitrogens with two attached hydrogens (primary N) is 1. The Morgan fingerprint density at radius 3 is 2.49 bits per heavy atom. The standard InChI is InChI=1S/C31H42N4O4/c1-31(2)35-25-13-12-23(16-22(25)17-26(35)30(38)39-31)33-28(36)27-24(20-6-4-3-5-7-20)14-15-34(27)29(37)21-10-8-19(18-32)9-11-21/h12-13,16-17,19-21,24,27H,3-11,14-15,18,32H2,1-2H3,(H,33,36)/t19?,21?,24?,27-/m0/s1. The van der Waals surface area contributed by atoms with E-state index in [2.05, 4.69) is 5.32 Å². The van der Waals surface area contributed by atoms with E-state index in [1.807, 2.05) is 47.6 Å². The summed E-state index contributed by atoms with van der Waals surface area (Å²) in [6.07, 6.45) is 10.6. The SMILES string of the molecule is CC1(C)OC(=O)c2cc3cc(NC(=O)[C@@H]4C(C5CCCCC5)CCN4C(=O)C4CCC(CN)CC4)ccc3n21. The zero-order valence-corrected chi connectivity index (χ0v) is 23.3. The van der Waals surface area contributed by atoms with Gasteiger partial charge in [-0.05, 0) is 94.5 Å². The molecule has 3 fully saturated rings. The molecule has 3 heterocycles. The summed E-state index contributed by atoms with van der Waals surface area (Å²) < 4.78 is 7.41. The minimum absolute atomic E-state index is 0.00334. The second kappa shape index (κ2) is 10.3. The third kappa shape index (κ3) is 4.75. The number of ether oxygens (including phenoxy) is 1. The lowest BCUT2D eigenvalue weighted by Crippen LogP contribution is -2.49. The van der Waals surface area contributed by atoms with E-state index in [0.29, 0.717) is 36.3 Å². The second-order valence-electron chi connectivity index (χ2n) is 12.7. The van der Waals surface area contributed by atoms with Crippen molar-refractivity contribution in [3.05, 3.63) is 30.0 Å². The zero-order valence-electron chi connectivity index (χ0n) is 23.3. The molecule has 0 spiro atoms. The summed E-state index contributed by atoms with van der Waals surface area (Å²) in [6.45, 7) is 5.09. The van der Waals surface area contributed by atoms with Crippen molar-refractivity contribution in [1.82, 2.24) is 9.47 Å². The molecule has 2 aromatic rings. The number of rotatable bonds is 5. The minimum Gasteiger partial charge on any atom is -0.434 e. The van der Waals surface area contributed by atoms with E-state index in [1.165, 1.54) is 19.3 Å². The molecule has 0 radical (unpaired) electrons. The van der Waals surface area contributed by atoms with E-state index in [4.69, 9.17) is 10.5 Å². The van der Waals surface area contributed by atoms with Crippen LogP contribution >= 0.6 is 0 Å². The van der Waals surface area contributed by atoms with Gasteiger partial charge < -0.3 is 20.7 Å². The molecule has 210 valence electrons. The van der Waals surface area contributed by atoms with E-state index in [0.717, 1.165) is 55.8 Å². The van der Waals surface area contributed by atoms with Crippen LogP contribution in [0.25, 0.3) is 10.9 Å². The number of anilines is 1. The third-order valence-electron chi connectivity index (χ3n) is 9.94. The molecule has 2 aliphatic carbocycles. The van der Waals surface area contributed by atoms with Crippen LogP contribution in [-0.4, -0.2) is 46.4 Å². The van der Waals surface area contributed by atoms with Gasteiger partial charge in [0, 0.05) is 23.5 Å². The summed E-state index contributed by atoms with van der Waals surface area (Å²) in [5.74, 6) is 0.938. The number of hydrogen-bond acceptors (Lipinski definition) is 5. The molecule has 1 aromatic heterocycles. The molecular weight excluding hydrogens is 492 g/mol. The van der Waals surface area contributed by atoms with Gasteiger partial charge >= 0.3 is 5.97 Å². The van der Waals surface area contributed by atoms with E-state index >= 15 is 0 Å². The van der Waals surface area contributed by atoms with Gasteiger partial charge in [-0.25, -0.2) is 4.79 Å². The van der Waals surface area contributed by atoms with Crippen molar-refractivity contribution >= 4 is 34.4 Å². The fourth-order valence-electron chi connectivity index (χ4n) is 7.90. The number of carbonyl (C=O) groups excluding carboxylic acids is 3. The Kier molecular flexibility index (Phi) is 6.94. The van der Waals surface area contributed by atoms with Gasteiger partial charge in [0.1, 0.15) is 11.7 Å². The first kappa shape index (κ1) is 26.4. The maximum absolute atomic E-state index is 14.0. The maximum atomic E-state index is 14.0. The van der Waals surface area contributed by atoms with Crippen LogP contribution in [0.15, 0.2) is 24.3 Å². The van der Waals surface area contributed by atoms with Crippen molar-refractivity contribution in [2.45, 2.75) is 89.8 Å². The highest BCUT2D eigenvalue weighted by Crippen LogP contribution is 2.41. The largest absolute Gasteiger partial charge is 0.434 e. The Morgan fingerprint density at radius 2 is 1.77 bits per heavy atom. The molecule has 4 aliphatic rings. The predicted octanol–water partition coefficient (Wildman–Crippen LogP) is 5.01. The van der Waals surface area contributed by atoms with Crippen molar-refractivity contribution in [3.8, 4) is 0 Å². The van der Waals surface area contributed by atoms with Crippen LogP contribution < -0.4 is 11.1 Å². The van der Waals surface area contributed by atoms with Gasteiger partial charge in [-0.3, -0.25) is 14.2 Å². The molecule has 8 heteroatoms. The Labute approximate surface area is 230 Å². The Morgan fingerprint density at radius 1 is 1.03 bits per heavy atom. The van der Waals surface area contributed by atoms with Crippen LogP contribution in [0.4, 0.5) is 5.69 Å². The number of hydrogen-bond donors (Lipinski definition) is 2.